The lowest BCUT2D eigenvalue weighted by Crippen LogP contribution is -2.45. The summed E-state index contributed by atoms with van der Waals surface area (Å²) < 4.78 is 46.1. The van der Waals surface area contributed by atoms with Crippen molar-refractivity contribution in [2.75, 3.05) is 19.9 Å². The third-order valence-corrected chi connectivity index (χ3v) is 10.0. The number of carbonyl (C=O) groups excluding carboxylic acids is 1. The Bertz CT molecular complexity index is 966. The zero-order chi connectivity index (χ0) is 25.9. The van der Waals surface area contributed by atoms with E-state index < -0.39 is 35.2 Å². The number of methoxy groups -OCH3 is 1. The molecule has 0 saturated carbocycles. The Morgan fingerprint density at radius 3 is 2.40 bits per heavy atom. The molecule has 3 atom stereocenters. The minimum absolute atomic E-state index is 0.0450. The van der Waals surface area contributed by atoms with Crippen LogP contribution in [0.15, 0.2) is 54.6 Å². The standard InChI is InChI=1S/C26H38NO6PS/c1-6-33-34(29,24(16-17-25(28)31-5)27-35(30)26(2,3)4)19-18-22-14-10-11-15-23(22)32-20-21-12-8-7-9-13-21/h7-15,24,27H,6,16-20H2,1-5H3/t24-,34-,35-/m0/s1. The first-order valence-electron chi connectivity index (χ1n) is 11.8. The van der Waals surface area contributed by atoms with Crippen molar-refractivity contribution in [2.45, 2.75) is 64.1 Å². The number of esters is 1. The molecule has 0 aliphatic carbocycles. The minimum atomic E-state index is -3.35. The molecule has 0 amide bonds. The normalized spacial score (nSPS) is 15.1. The van der Waals surface area contributed by atoms with Gasteiger partial charge in [-0.25, -0.2) is 0 Å². The van der Waals surface area contributed by atoms with Gasteiger partial charge in [0.15, 0.2) is 0 Å². The number of aryl methyl sites for hydroxylation is 1. The van der Waals surface area contributed by atoms with Crippen LogP contribution in [0, 0.1) is 0 Å². The lowest BCUT2D eigenvalue weighted by molar-refractivity contribution is -0.140. The molecular weight excluding hydrogens is 485 g/mol. The van der Waals surface area contributed by atoms with Crippen LogP contribution in [-0.2, 0) is 43.0 Å². The van der Waals surface area contributed by atoms with Gasteiger partial charge in [-0.05, 0) is 57.7 Å². The molecule has 194 valence electrons. The molecule has 0 aromatic heterocycles. The van der Waals surface area contributed by atoms with Crippen molar-refractivity contribution < 1.29 is 27.9 Å². The van der Waals surface area contributed by atoms with Gasteiger partial charge < -0.3 is 18.6 Å². The molecule has 0 bridgehead atoms. The Morgan fingerprint density at radius 1 is 1.11 bits per heavy atom. The highest BCUT2D eigenvalue weighted by molar-refractivity contribution is 7.91. The first-order chi connectivity index (χ1) is 16.6. The fourth-order valence-electron chi connectivity index (χ4n) is 3.38. The minimum Gasteiger partial charge on any atom is -0.598 e. The molecule has 0 spiro atoms. The highest BCUT2D eigenvalue weighted by Crippen LogP contribution is 2.53. The van der Waals surface area contributed by atoms with E-state index in [1.165, 1.54) is 7.11 Å². The number of para-hydroxylation sites is 1. The van der Waals surface area contributed by atoms with Crippen LogP contribution in [-0.4, -0.2) is 40.9 Å². The van der Waals surface area contributed by atoms with Gasteiger partial charge in [-0.1, -0.05) is 48.5 Å². The number of hydrogen-bond acceptors (Lipinski definition) is 7. The highest BCUT2D eigenvalue weighted by atomic mass is 32.2. The second kappa shape index (κ2) is 14.0. The van der Waals surface area contributed by atoms with Crippen LogP contribution in [0.3, 0.4) is 0 Å². The molecule has 2 rings (SSSR count). The van der Waals surface area contributed by atoms with Gasteiger partial charge in [-0.15, -0.1) is 4.72 Å². The SMILES string of the molecule is CCO[P@@](=O)(CCc1ccccc1OCc1ccccc1)[C@@H](CCC(=O)OC)N[S@@+]([O-])C(C)(C)C. The van der Waals surface area contributed by atoms with Crippen LogP contribution in [0.4, 0.5) is 0 Å². The molecule has 0 aliphatic heterocycles. The molecule has 2 aromatic carbocycles. The first-order valence-corrected chi connectivity index (χ1v) is 14.8. The number of ether oxygens (including phenoxy) is 2. The predicted octanol–water partition coefficient (Wildman–Crippen LogP) is 5.45. The second-order valence-electron chi connectivity index (χ2n) is 9.13. The van der Waals surface area contributed by atoms with E-state index in [1.54, 1.807) is 6.92 Å². The van der Waals surface area contributed by atoms with Crippen molar-refractivity contribution >= 4 is 24.7 Å². The van der Waals surface area contributed by atoms with Gasteiger partial charge in [-0.2, -0.15) is 0 Å². The zero-order valence-corrected chi connectivity index (χ0v) is 23.0. The largest absolute Gasteiger partial charge is 0.598 e. The summed E-state index contributed by atoms with van der Waals surface area (Å²) in [5.41, 5.74) is 1.96. The van der Waals surface area contributed by atoms with E-state index in [4.69, 9.17) is 14.0 Å². The van der Waals surface area contributed by atoms with Crippen LogP contribution in [0.2, 0.25) is 0 Å². The summed E-state index contributed by atoms with van der Waals surface area (Å²) in [5, 5.41) is 0. The fraction of sp³-hybridized carbons (Fsp3) is 0.500. The molecular formula is C26H38NO6PS. The van der Waals surface area contributed by atoms with Gasteiger partial charge in [0.25, 0.3) is 0 Å². The number of rotatable bonds is 14. The molecule has 0 fully saturated rings. The van der Waals surface area contributed by atoms with Crippen LogP contribution < -0.4 is 9.46 Å². The van der Waals surface area contributed by atoms with Crippen molar-refractivity contribution in [3.8, 4) is 5.75 Å². The molecule has 1 N–H and O–H groups in total. The lowest BCUT2D eigenvalue weighted by Gasteiger charge is -2.32. The van der Waals surface area contributed by atoms with Gasteiger partial charge in [0.1, 0.15) is 22.9 Å². The summed E-state index contributed by atoms with van der Waals surface area (Å²) >= 11 is -1.49. The van der Waals surface area contributed by atoms with Crippen LogP contribution >= 0.6 is 7.37 Å². The summed E-state index contributed by atoms with van der Waals surface area (Å²) in [6.45, 7) is 7.94. The smallest absolute Gasteiger partial charge is 0.305 e. The van der Waals surface area contributed by atoms with E-state index in [1.807, 2.05) is 75.4 Å². The maximum Gasteiger partial charge on any atom is 0.305 e. The van der Waals surface area contributed by atoms with Gasteiger partial charge in [0.05, 0.1) is 13.7 Å². The number of benzene rings is 2. The lowest BCUT2D eigenvalue weighted by atomic mass is 10.1. The number of carbonyl (C=O) groups is 1. The Balaban J connectivity index is 2.21. The van der Waals surface area contributed by atoms with Crippen molar-refractivity contribution in [3.05, 3.63) is 65.7 Å². The molecule has 35 heavy (non-hydrogen) atoms. The van der Waals surface area contributed by atoms with Crippen LogP contribution in [0.25, 0.3) is 0 Å². The van der Waals surface area contributed by atoms with E-state index in [0.29, 0.717) is 13.0 Å². The van der Waals surface area contributed by atoms with Gasteiger partial charge in [0.2, 0.25) is 7.37 Å². The topological polar surface area (TPSA) is 96.9 Å². The number of hydrogen-bond donors (Lipinski definition) is 1. The van der Waals surface area contributed by atoms with E-state index in [0.717, 1.165) is 16.9 Å². The molecule has 0 heterocycles. The Morgan fingerprint density at radius 2 is 1.77 bits per heavy atom. The van der Waals surface area contributed by atoms with E-state index in [2.05, 4.69) is 4.72 Å². The van der Waals surface area contributed by atoms with E-state index in [-0.39, 0.29) is 25.6 Å². The quantitative estimate of drug-likeness (QED) is 0.200. The Labute approximate surface area is 212 Å². The van der Waals surface area contributed by atoms with Crippen molar-refractivity contribution in [1.82, 2.24) is 4.72 Å². The average Bonchev–Trinajstić information content (AvgIpc) is 2.84. The van der Waals surface area contributed by atoms with Crippen molar-refractivity contribution in [1.29, 1.82) is 0 Å². The number of nitrogens with one attached hydrogen (secondary N) is 1. The predicted molar refractivity (Wildman–Crippen MR) is 141 cm³/mol. The van der Waals surface area contributed by atoms with Gasteiger partial charge in [0, 0.05) is 23.9 Å². The van der Waals surface area contributed by atoms with Crippen LogP contribution in [0.1, 0.15) is 51.7 Å². The van der Waals surface area contributed by atoms with Gasteiger partial charge in [-0.3, -0.25) is 9.36 Å². The Kier molecular flexibility index (Phi) is 11.8. The highest BCUT2D eigenvalue weighted by Gasteiger charge is 2.40. The summed E-state index contributed by atoms with van der Waals surface area (Å²) in [6.07, 6.45) is 0.898. The van der Waals surface area contributed by atoms with Crippen molar-refractivity contribution in [2.24, 2.45) is 0 Å². The summed E-state index contributed by atoms with van der Waals surface area (Å²) in [4.78, 5) is 11.8. The molecule has 0 radical (unpaired) electrons. The Hall–Kier alpha value is -1.83. The fourth-order valence-corrected chi connectivity index (χ4v) is 7.17. The summed E-state index contributed by atoms with van der Waals surface area (Å²) in [6, 6.07) is 17.5. The third kappa shape index (κ3) is 9.62. The van der Waals surface area contributed by atoms with Crippen LogP contribution in [0.5, 0.6) is 5.75 Å². The van der Waals surface area contributed by atoms with E-state index in [9.17, 15) is 13.9 Å². The molecule has 0 aliphatic rings. The monoisotopic (exact) mass is 523 g/mol. The molecule has 2 aromatic rings. The maximum absolute atomic E-state index is 14.1. The molecule has 0 unspecified atom stereocenters. The van der Waals surface area contributed by atoms with Crippen molar-refractivity contribution in [3.63, 3.8) is 0 Å². The maximum atomic E-state index is 14.1. The first kappa shape index (κ1) is 29.4. The summed E-state index contributed by atoms with van der Waals surface area (Å²) in [7, 11) is -2.04. The summed E-state index contributed by atoms with van der Waals surface area (Å²) in [5.74, 6) is -0.447. The molecule has 9 heteroatoms. The zero-order valence-electron chi connectivity index (χ0n) is 21.3. The average molecular weight is 524 g/mol. The molecule has 7 nitrogen and oxygen atoms in total. The molecule has 0 saturated heterocycles. The van der Waals surface area contributed by atoms with Gasteiger partial charge >= 0.3 is 5.97 Å². The third-order valence-electron chi connectivity index (χ3n) is 5.37. The second-order valence-corrected chi connectivity index (χ2v) is 13.9. The van der Waals surface area contributed by atoms with E-state index >= 15 is 0 Å².